The summed E-state index contributed by atoms with van der Waals surface area (Å²) in [7, 11) is 1.77. The highest BCUT2D eigenvalue weighted by Crippen LogP contribution is 2.41. The van der Waals surface area contributed by atoms with Crippen LogP contribution in [0.5, 0.6) is 5.75 Å². The largest absolute Gasteiger partial charge is 0.496 e. The molecule has 0 amide bonds. The molecule has 14 heavy (non-hydrogen) atoms. The smallest absolute Gasteiger partial charge is 0.122 e. The van der Waals surface area contributed by atoms with Gasteiger partial charge in [0.15, 0.2) is 0 Å². The Balaban J connectivity index is 2.24. The van der Waals surface area contributed by atoms with Gasteiger partial charge in [-0.3, -0.25) is 0 Å². The Labute approximate surface area is 86.1 Å². The van der Waals surface area contributed by atoms with Gasteiger partial charge in [-0.1, -0.05) is 25.5 Å². The number of hydrogen-bond acceptors (Lipinski definition) is 1. The van der Waals surface area contributed by atoms with Gasteiger partial charge in [-0.15, -0.1) is 0 Å². The lowest BCUT2D eigenvalue weighted by Gasteiger charge is -2.09. The molecule has 1 aromatic carbocycles. The molecule has 1 saturated carbocycles. The normalized spacial score (nSPS) is 15.6. The third-order valence-electron chi connectivity index (χ3n) is 2.88. The summed E-state index contributed by atoms with van der Waals surface area (Å²) in [6.45, 7) is 2.20. The average Bonchev–Trinajstić information content (AvgIpc) is 3.02. The van der Waals surface area contributed by atoms with Crippen molar-refractivity contribution >= 4 is 0 Å². The minimum absolute atomic E-state index is 0.819. The molecule has 0 saturated heterocycles. The first kappa shape index (κ1) is 9.57. The molecule has 0 bridgehead atoms. The fourth-order valence-electron chi connectivity index (χ4n) is 1.91. The first-order valence-electron chi connectivity index (χ1n) is 5.52. The molecule has 1 aliphatic carbocycles. The second-order valence-corrected chi connectivity index (χ2v) is 4.10. The van der Waals surface area contributed by atoms with Crippen molar-refractivity contribution < 1.29 is 4.74 Å². The summed E-state index contributed by atoms with van der Waals surface area (Å²) in [4.78, 5) is 0. The Kier molecular flexibility index (Phi) is 2.76. The van der Waals surface area contributed by atoms with Crippen molar-refractivity contribution in [2.45, 2.75) is 38.5 Å². The van der Waals surface area contributed by atoms with Crippen molar-refractivity contribution in [2.75, 3.05) is 7.11 Å². The third kappa shape index (κ3) is 1.92. The van der Waals surface area contributed by atoms with Crippen molar-refractivity contribution in [3.05, 3.63) is 29.3 Å². The summed E-state index contributed by atoms with van der Waals surface area (Å²) in [6, 6.07) is 6.73. The van der Waals surface area contributed by atoms with Gasteiger partial charge in [-0.05, 0) is 42.4 Å². The van der Waals surface area contributed by atoms with E-state index in [0.717, 1.165) is 18.1 Å². The van der Waals surface area contributed by atoms with Crippen LogP contribution in [0, 0.1) is 0 Å². The predicted octanol–water partition coefficient (Wildman–Crippen LogP) is 3.53. The molecule has 1 nitrogen and oxygen atoms in total. The van der Waals surface area contributed by atoms with Gasteiger partial charge in [0.25, 0.3) is 0 Å². The molecule has 1 heteroatoms. The van der Waals surface area contributed by atoms with Gasteiger partial charge in [-0.2, -0.15) is 0 Å². The molecular weight excluding hydrogens is 172 g/mol. The van der Waals surface area contributed by atoms with E-state index in [1.165, 1.54) is 30.4 Å². The van der Waals surface area contributed by atoms with Crippen LogP contribution in [0.3, 0.4) is 0 Å². The van der Waals surface area contributed by atoms with E-state index in [1.54, 1.807) is 7.11 Å². The van der Waals surface area contributed by atoms with E-state index in [9.17, 15) is 0 Å². The summed E-state index contributed by atoms with van der Waals surface area (Å²) in [5, 5.41) is 0. The van der Waals surface area contributed by atoms with Crippen LogP contribution in [0.25, 0.3) is 0 Å². The van der Waals surface area contributed by atoms with Gasteiger partial charge in [-0.25, -0.2) is 0 Å². The zero-order chi connectivity index (χ0) is 9.97. The second-order valence-electron chi connectivity index (χ2n) is 4.10. The summed E-state index contributed by atoms with van der Waals surface area (Å²) >= 11 is 0. The average molecular weight is 190 g/mol. The van der Waals surface area contributed by atoms with E-state index in [2.05, 4.69) is 25.1 Å². The standard InChI is InChI=1S/C13H18O/c1-3-4-11-7-8-12(10-5-6-10)9-13(11)14-2/h7-10H,3-6H2,1-2H3. The van der Waals surface area contributed by atoms with Crippen LogP contribution < -0.4 is 4.74 Å². The fourth-order valence-corrected chi connectivity index (χ4v) is 1.91. The predicted molar refractivity (Wildman–Crippen MR) is 59.0 cm³/mol. The Bertz CT molecular complexity index is 313. The third-order valence-corrected chi connectivity index (χ3v) is 2.88. The van der Waals surface area contributed by atoms with Crippen LogP contribution >= 0.6 is 0 Å². The maximum Gasteiger partial charge on any atom is 0.122 e. The molecule has 0 N–H and O–H groups in total. The summed E-state index contributed by atoms with van der Waals surface area (Å²) in [6.07, 6.45) is 5.01. The minimum atomic E-state index is 0.819. The van der Waals surface area contributed by atoms with Crippen LogP contribution in [0.2, 0.25) is 0 Å². The van der Waals surface area contributed by atoms with Crippen LogP contribution in [-0.4, -0.2) is 7.11 Å². The summed E-state index contributed by atoms with van der Waals surface area (Å²) in [5.74, 6) is 1.90. The highest BCUT2D eigenvalue weighted by Gasteiger charge is 2.24. The molecule has 2 rings (SSSR count). The zero-order valence-electron chi connectivity index (χ0n) is 9.05. The van der Waals surface area contributed by atoms with Crippen molar-refractivity contribution in [3.8, 4) is 5.75 Å². The van der Waals surface area contributed by atoms with E-state index in [4.69, 9.17) is 4.74 Å². The van der Waals surface area contributed by atoms with Crippen LogP contribution in [0.4, 0.5) is 0 Å². The number of rotatable bonds is 4. The second kappa shape index (κ2) is 4.04. The number of aryl methyl sites for hydroxylation is 1. The molecule has 0 unspecified atom stereocenters. The van der Waals surface area contributed by atoms with E-state index >= 15 is 0 Å². The van der Waals surface area contributed by atoms with Gasteiger partial charge < -0.3 is 4.74 Å². The highest BCUT2D eigenvalue weighted by molar-refractivity contribution is 5.40. The molecule has 0 spiro atoms. The van der Waals surface area contributed by atoms with Gasteiger partial charge >= 0.3 is 0 Å². The van der Waals surface area contributed by atoms with Crippen molar-refractivity contribution in [1.82, 2.24) is 0 Å². The SMILES string of the molecule is CCCc1ccc(C2CC2)cc1OC. The number of ether oxygens (including phenoxy) is 1. The lowest BCUT2D eigenvalue weighted by Crippen LogP contribution is -1.93. The molecular formula is C13H18O. The van der Waals surface area contributed by atoms with Gasteiger partial charge in [0, 0.05) is 0 Å². The van der Waals surface area contributed by atoms with E-state index < -0.39 is 0 Å². The molecule has 0 atom stereocenters. The highest BCUT2D eigenvalue weighted by atomic mass is 16.5. The molecule has 1 aliphatic rings. The van der Waals surface area contributed by atoms with Crippen molar-refractivity contribution in [1.29, 1.82) is 0 Å². The molecule has 76 valence electrons. The maximum atomic E-state index is 5.42. The molecule has 0 aromatic heterocycles. The molecule has 0 heterocycles. The molecule has 1 aromatic rings. The molecule has 0 aliphatic heterocycles. The Morgan fingerprint density at radius 1 is 1.36 bits per heavy atom. The van der Waals surface area contributed by atoms with Gasteiger partial charge in [0.1, 0.15) is 5.75 Å². The number of hydrogen-bond donors (Lipinski definition) is 0. The van der Waals surface area contributed by atoms with Crippen molar-refractivity contribution in [3.63, 3.8) is 0 Å². The van der Waals surface area contributed by atoms with Crippen LogP contribution in [0.1, 0.15) is 43.2 Å². The Morgan fingerprint density at radius 3 is 2.71 bits per heavy atom. The monoisotopic (exact) mass is 190 g/mol. The van der Waals surface area contributed by atoms with E-state index in [1.807, 2.05) is 0 Å². The van der Waals surface area contributed by atoms with E-state index in [0.29, 0.717) is 0 Å². The van der Waals surface area contributed by atoms with E-state index in [-0.39, 0.29) is 0 Å². The van der Waals surface area contributed by atoms with Gasteiger partial charge in [0.05, 0.1) is 7.11 Å². The van der Waals surface area contributed by atoms with Crippen molar-refractivity contribution in [2.24, 2.45) is 0 Å². The lowest BCUT2D eigenvalue weighted by atomic mass is 10.0. The number of benzene rings is 1. The number of methoxy groups -OCH3 is 1. The maximum absolute atomic E-state index is 5.42. The quantitative estimate of drug-likeness (QED) is 0.705. The first-order chi connectivity index (χ1) is 6.85. The molecule has 1 fully saturated rings. The van der Waals surface area contributed by atoms with Crippen LogP contribution in [-0.2, 0) is 6.42 Å². The Morgan fingerprint density at radius 2 is 2.14 bits per heavy atom. The first-order valence-corrected chi connectivity index (χ1v) is 5.52. The molecule has 0 radical (unpaired) electrons. The summed E-state index contributed by atoms with van der Waals surface area (Å²) < 4.78 is 5.42. The summed E-state index contributed by atoms with van der Waals surface area (Å²) in [5.41, 5.74) is 2.81. The fraction of sp³-hybridized carbons (Fsp3) is 0.538. The van der Waals surface area contributed by atoms with Gasteiger partial charge in [0.2, 0.25) is 0 Å². The topological polar surface area (TPSA) is 9.23 Å². The lowest BCUT2D eigenvalue weighted by molar-refractivity contribution is 0.409. The van der Waals surface area contributed by atoms with Crippen LogP contribution in [0.15, 0.2) is 18.2 Å². The zero-order valence-corrected chi connectivity index (χ0v) is 9.05. The minimum Gasteiger partial charge on any atom is -0.496 e. The Hall–Kier alpha value is -0.980.